The maximum Gasteiger partial charge on any atom is 0.133 e. The lowest BCUT2D eigenvalue weighted by Gasteiger charge is -2.12. The highest BCUT2D eigenvalue weighted by atomic mass is 35.5. The zero-order valence-electron chi connectivity index (χ0n) is 11.3. The molecule has 2 rings (SSSR count). The Labute approximate surface area is 117 Å². The number of aryl methyl sites for hydroxylation is 3. The molecule has 0 aliphatic carbocycles. The van der Waals surface area contributed by atoms with Crippen LogP contribution >= 0.6 is 11.6 Å². The van der Waals surface area contributed by atoms with Crippen molar-refractivity contribution in [2.75, 3.05) is 0 Å². The topological polar surface area (TPSA) is 47.3 Å². The van der Waals surface area contributed by atoms with E-state index < -0.39 is 0 Å². The van der Waals surface area contributed by atoms with Crippen LogP contribution in [-0.4, -0.2) is 14.9 Å². The second-order valence-corrected chi connectivity index (χ2v) is 4.85. The molecular weight excluding hydrogens is 264 g/mol. The highest BCUT2D eigenvalue weighted by Gasteiger charge is 2.13. The first-order valence-electron chi connectivity index (χ1n) is 6.04. The molecule has 19 heavy (non-hydrogen) atoms. The summed E-state index contributed by atoms with van der Waals surface area (Å²) in [6, 6.07) is 5.70. The summed E-state index contributed by atoms with van der Waals surface area (Å²) < 4.78 is 7.45. The van der Waals surface area contributed by atoms with Gasteiger partial charge >= 0.3 is 0 Å². The van der Waals surface area contributed by atoms with Gasteiger partial charge in [-0.25, -0.2) is 0 Å². The molecule has 0 aliphatic heterocycles. The van der Waals surface area contributed by atoms with Crippen molar-refractivity contribution in [1.82, 2.24) is 9.78 Å². The molecule has 0 amide bonds. The van der Waals surface area contributed by atoms with Gasteiger partial charge in [-0.1, -0.05) is 29.8 Å². The van der Waals surface area contributed by atoms with Crippen LogP contribution in [0.4, 0.5) is 0 Å². The minimum atomic E-state index is -0.0449. The van der Waals surface area contributed by atoms with Gasteiger partial charge in [0.2, 0.25) is 0 Å². The van der Waals surface area contributed by atoms with Crippen molar-refractivity contribution in [3.8, 4) is 5.75 Å². The standard InChI is InChI=1S/C14H17ClN2O2/c1-9-5-4-6-11(7-18)13(9)19-8-12-10(2)16-17(3)14(12)15/h4-6,18H,7-8H2,1-3H3. The lowest BCUT2D eigenvalue weighted by atomic mass is 10.1. The molecule has 2 aromatic rings. The second-order valence-electron chi connectivity index (χ2n) is 4.49. The van der Waals surface area contributed by atoms with Crippen molar-refractivity contribution in [2.24, 2.45) is 7.05 Å². The molecule has 0 aliphatic rings. The van der Waals surface area contributed by atoms with Gasteiger partial charge in [-0.15, -0.1) is 0 Å². The Morgan fingerprint density at radius 3 is 2.68 bits per heavy atom. The molecule has 0 saturated carbocycles. The van der Waals surface area contributed by atoms with Crippen molar-refractivity contribution in [3.63, 3.8) is 0 Å². The van der Waals surface area contributed by atoms with E-state index in [0.29, 0.717) is 17.5 Å². The third-order valence-corrected chi connectivity index (χ3v) is 3.57. The van der Waals surface area contributed by atoms with E-state index in [2.05, 4.69) is 5.10 Å². The quantitative estimate of drug-likeness (QED) is 0.937. The molecule has 0 radical (unpaired) electrons. The Morgan fingerprint density at radius 1 is 1.37 bits per heavy atom. The Bertz CT molecular complexity index is 593. The predicted molar refractivity (Wildman–Crippen MR) is 74.4 cm³/mol. The molecule has 0 atom stereocenters. The first-order chi connectivity index (χ1) is 9.04. The molecule has 0 fully saturated rings. The summed E-state index contributed by atoms with van der Waals surface area (Å²) in [4.78, 5) is 0. The molecule has 102 valence electrons. The van der Waals surface area contributed by atoms with Crippen LogP contribution in [0.3, 0.4) is 0 Å². The van der Waals surface area contributed by atoms with Crippen LogP contribution in [0.25, 0.3) is 0 Å². The van der Waals surface area contributed by atoms with Crippen molar-refractivity contribution < 1.29 is 9.84 Å². The van der Waals surface area contributed by atoms with Gasteiger partial charge in [0.15, 0.2) is 0 Å². The molecule has 0 unspecified atom stereocenters. The van der Waals surface area contributed by atoms with Crippen LogP contribution in [0.5, 0.6) is 5.75 Å². The van der Waals surface area contributed by atoms with Gasteiger partial charge < -0.3 is 9.84 Å². The zero-order chi connectivity index (χ0) is 14.0. The van der Waals surface area contributed by atoms with E-state index >= 15 is 0 Å². The highest BCUT2D eigenvalue weighted by molar-refractivity contribution is 6.30. The van der Waals surface area contributed by atoms with Crippen LogP contribution in [-0.2, 0) is 20.3 Å². The van der Waals surface area contributed by atoms with Gasteiger partial charge in [0.25, 0.3) is 0 Å². The predicted octanol–water partition coefficient (Wildman–Crippen LogP) is 2.76. The Hall–Kier alpha value is -1.52. The lowest BCUT2D eigenvalue weighted by Crippen LogP contribution is -2.01. The van der Waals surface area contributed by atoms with Gasteiger partial charge in [-0.2, -0.15) is 5.10 Å². The maximum absolute atomic E-state index is 9.33. The SMILES string of the molecule is Cc1cccc(CO)c1OCc1c(C)nn(C)c1Cl. The normalized spacial score (nSPS) is 10.8. The smallest absolute Gasteiger partial charge is 0.133 e. The number of hydrogen-bond acceptors (Lipinski definition) is 3. The van der Waals surface area contributed by atoms with E-state index in [1.54, 1.807) is 11.7 Å². The number of halogens is 1. The number of aliphatic hydroxyl groups is 1. The number of aromatic nitrogens is 2. The number of nitrogens with zero attached hydrogens (tertiary/aromatic N) is 2. The molecule has 1 heterocycles. The number of aliphatic hydroxyl groups excluding tert-OH is 1. The third kappa shape index (κ3) is 2.74. The Kier molecular flexibility index (Phi) is 4.12. The zero-order valence-corrected chi connectivity index (χ0v) is 12.0. The van der Waals surface area contributed by atoms with Gasteiger partial charge in [-0.05, 0) is 19.4 Å². The van der Waals surface area contributed by atoms with E-state index in [1.165, 1.54) is 0 Å². The van der Waals surface area contributed by atoms with Crippen molar-refractivity contribution in [3.05, 3.63) is 45.7 Å². The van der Waals surface area contributed by atoms with Gasteiger partial charge in [0.1, 0.15) is 17.5 Å². The maximum atomic E-state index is 9.33. The fourth-order valence-corrected chi connectivity index (χ4v) is 2.26. The summed E-state index contributed by atoms with van der Waals surface area (Å²) >= 11 is 6.16. The average Bonchev–Trinajstić information content (AvgIpc) is 2.62. The summed E-state index contributed by atoms with van der Waals surface area (Å²) in [6.45, 7) is 4.15. The largest absolute Gasteiger partial charge is 0.488 e. The molecular formula is C14H17ClN2O2. The molecule has 1 N–H and O–H groups in total. The minimum Gasteiger partial charge on any atom is -0.488 e. The molecule has 0 spiro atoms. The number of para-hydroxylation sites is 1. The fourth-order valence-electron chi connectivity index (χ4n) is 2.03. The first kappa shape index (κ1) is 13.9. The van der Waals surface area contributed by atoms with Crippen LogP contribution in [0.1, 0.15) is 22.4 Å². The number of hydrogen-bond donors (Lipinski definition) is 1. The molecule has 5 heteroatoms. The van der Waals surface area contributed by atoms with Crippen LogP contribution in [0.15, 0.2) is 18.2 Å². The molecule has 1 aromatic heterocycles. The van der Waals surface area contributed by atoms with Gasteiger partial charge in [0, 0.05) is 18.2 Å². The average molecular weight is 281 g/mol. The number of rotatable bonds is 4. The van der Waals surface area contributed by atoms with Crippen molar-refractivity contribution in [2.45, 2.75) is 27.1 Å². The molecule has 0 bridgehead atoms. The third-order valence-electron chi connectivity index (χ3n) is 3.09. The van der Waals surface area contributed by atoms with Crippen LogP contribution in [0.2, 0.25) is 5.15 Å². The van der Waals surface area contributed by atoms with E-state index in [4.69, 9.17) is 16.3 Å². The minimum absolute atomic E-state index is 0.0449. The summed E-state index contributed by atoms with van der Waals surface area (Å²) in [5.41, 5.74) is 3.49. The lowest BCUT2D eigenvalue weighted by molar-refractivity contribution is 0.258. The molecule has 4 nitrogen and oxygen atoms in total. The first-order valence-corrected chi connectivity index (χ1v) is 6.42. The fraction of sp³-hybridized carbons (Fsp3) is 0.357. The summed E-state index contributed by atoms with van der Waals surface area (Å²) in [6.07, 6.45) is 0. The summed E-state index contributed by atoms with van der Waals surface area (Å²) in [7, 11) is 1.80. The van der Waals surface area contributed by atoms with E-state index in [-0.39, 0.29) is 6.61 Å². The monoisotopic (exact) mass is 280 g/mol. The van der Waals surface area contributed by atoms with Gasteiger partial charge in [0.05, 0.1) is 12.3 Å². The van der Waals surface area contributed by atoms with Crippen LogP contribution < -0.4 is 4.74 Å². The van der Waals surface area contributed by atoms with E-state index in [0.717, 1.165) is 22.4 Å². The van der Waals surface area contributed by atoms with Gasteiger partial charge in [-0.3, -0.25) is 4.68 Å². The van der Waals surface area contributed by atoms with E-state index in [1.807, 2.05) is 32.0 Å². The van der Waals surface area contributed by atoms with Crippen LogP contribution in [0, 0.1) is 13.8 Å². The summed E-state index contributed by atoms with van der Waals surface area (Å²) in [5.74, 6) is 0.712. The highest BCUT2D eigenvalue weighted by Crippen LogP contribution is 2.26. The van der Waals surface area contributed by atoms with E-state index in [9.17, 15) is 5.11 Å². The number of benzene rings is 1. The van der Waals surface area contributed by atoms with Crippen molar-refractivity contribution >= 4 is 11.6 Å². The Morgan fingerprint density at radius 2 is 2.11 bits per heavy atom. The van der Waals surface area contributed by atoms with Crippen molar-refractivity contribution in [1.29, 1.82) is 0 Å². The summed E-state index contributed by atoms with van der Waals surface area (Å²) in [5, 5.41) is 14.2. The molecule has 0 saturated heterocycles. The molecule has 1 aromatic carbocycles. The second kappa shape index (κ2) is 5.63. The Balaban J connectivity index is 2.24. The number of ether oxygens (including phenoxy) is 1.